The van der Waals surface area contributed by atoms with Gasteiger partial charge in [0.05, 0.1) is 0 Å². The number of hydrogen-bond acceptors (Lipinski definition) is 4. The number of carbonyl (C=O) groups is 2. The van der Waals surface area contributed by atoms with Gasteiger partial charge in [-0.15, -0.1) is 11.1 Å². The van der Waals surface area contributed by atoms with E-state index in [4.69, 9.17) is 5.73 Å². The fourth-order valence-corrected chi connectivity index (χ4v) is 6.20. The van der Waals surface area contributed by atoms with Gasteiger partial charge < -0.3 is 27.7 Å². The van der Waals surface area contributed by atoms with Crippen molar-refractivity contribution in [3.63, 3.8) is 0 Å². The minimum atomic E-state index is -0.503. The second-order valence-electron chi connectivity index (χ2n) is 10.0. The van der Waals surface area contributed by atoms with E-state index >= 15 is 0 Å². The maximum atomic E-state index is 12.1. The second-order valence-corrected chi connectivity index (χ2v) is 11.4. The molecule has 2 amide bonds. The van der Waals surface area contributed by atoms with Crippen molar-refractivity contribution in [2.24, 2.45) is 11.7 Å². The van der Waals surface area contributed by atoms with Gasteiger partial charge in [-0.1, -0.05) is 97.9 Å². The van der Waals surface area contributed by atoms with Crippen molar-refractivity contribution in [2.45, 2.75) is 63.9 Å². The third kappa shape index (κ3) is 12.9. The predicted molar refractivity (Wildman–Crippen MR) is 175 cm³/mol. The SMILES string of the molecule is C=CC(=O)N1CCC([C@H]2SC2CCN[C-]=C(C(N)=O)/C(=C/C[CH2-])c2ccc(C)cc2)CC1.CC.Cc1ccccc1.[K+]. The molecule has 2 fully saturated rings. The average molecular weight is 613 g/mol. The Labute approximate surface area is 301 Å². The van der Waals surface area contributed by atoms with Crippen LogP contribution in [0, 0.1) is 32.9 Å². The Hall–Kier alpha value is -1.61. The average Bonchev–Trinajstić information content (AvgIpc) is 3.78. The van der Waals surface area contributed by atoms with Gasteiger partial charge in [-0.25, -0.2) is 0 Å². The van der Waals surface area contributed by atoms with Gasteiger partial charge in [0.15, 0.2) is 0 Å². The van der Waals surface area contributed by atoms with Gasteiger partial charge in [0.1, 0.15) is 5.91 Å². The number of thioether (sulfide) groups is 1. The van der Waals surface area contributed by atoms with Crippen molar-refractivity contribution in [3.05, 3.63) is 109 Å². The van der Waals surface area contributed by atoms with Crippen LogP contribution in [-0.2, 0) is 9.59 Å². The number of piperidine rings is 1. The number of nitrogens with one attached hydrogen (secondary N) is 1. The van der Waals surface area contributed by atoms with E-state index in [0.717, 1.165) is 55.6 Å². The van der Waals surface area contributed by atoms with Crippen LogP contribution in [0.5, 0.6) is 0 Å². The van der Waals surface area contributed by atoms with E-state index in [9.17, 15) is 9.59 Å². The molecule has 5 nitrogen and oxygen atoms in total. The Bertz CT molecular complexity index is 1160. The molecule has 7 heteroatoms. The number of carbonyl (C=O) groups excluding carboxylic acids is 2. The van der Waals surface area contributed by atoms with Crippen LogP contribution in [0.2, 0.25) is 0 Å². The molecule has 2 atom stereocenters. The Morgan fingerprint density at radius 3 is 2.17 bits per heavy atom. The Kier molecular flexibility index (Phi) is 19.3. The molecule has 222 valence electrons. The molecular formula is C35H47KN3O2S-. The van der Waals surface area contributed by atoms with Crippen molar-refractivity contribution in [3.8, 4) is 0 Å². The van der Waals surface area contributed by atoms with Crippen LogP contribution in [0.4, 0.5) is 0 Å². The minimum Gasteiger partial charge on any atom is -0.444 e. The first-order valence-corrected chi connectivity index (χ1v) is 15.6. The molecule has 0 radical (unpaired) electrons. The van der Waals surface area contributed by atoms with E-state index in [0.29, 0.717) is 28.4 Å². The summed E-state index contributed by atoms with van der Waals surface area (Å²) in [5.74, 6) is 0.211. The van der Waals surface area contributed by atoms with Crippen LogP contribution >= 0.6 is 11.8 Å². The molecule has 2 saturated heterocycles. The summed E-state index contributed by atoms with van der Waals surface area (Å²) >= 11 is 2.03. The van der Waals surface area contributed by atoms with Crippen LogP contribution in [0.25, 0.3) is 5.57 Å². The number of benzene rings is 2. The van der Waals surface area contributed by atoms with Crippen molar-refractivity contribution < 1.29 is 61.0 Å². The van der Waals surface area contributed by atoms with Crippen LogP contribution in [0.1, 0.15) is 56.2 Å². The third-order valence-electron chi connectivity index (χ3n) is 7.05. The van der Waals surface area contributed by atoms with E-state index in [1.165, 1.54) is 11.6 Å². The molecule has 0 bridgehead atoms. The minimum absolute atomic E-state index is 0. The number of aryl methyl sites for hydroxylation is 2. The maximum absolute atomic E-state index is 12.1. The Morgan fingerprint density at radius 1 is 1.07 bits per heavy atom. The molecule has 4 rings (SSSR count). The summed E-state index contributed by atoms with van der Waals surface area (Å²) in [7, 11) is 0. The number of nitrogens with two attached hydrogens (primary N) is 1. The van der Waals surface area contributed by atoms with Gasteiger partial charge >= 0.3 is 51.4 Å². The van der Waals surface area contributed by atoms with Crippen LogP contribution in [0.3, 0.4) is 0 Å². The van der Waals surface area contributed by atoms with Gasteiger partial charge in [0.2, 0.25) is 5.91 Å². The molecule has 0 spiro atoms. The maximum Gasteiger partial charge on any atom is 1.00 e. The monoisotopic (exact) mass is 612 g/mol. The summed E-state index contributed by atoms with van der Waals surface area (Å²) in [6, 6.07) is 18.3. The molecule has 2 aromatic carbocycles. The number of rotatable bonds is 10. The van der Waals surface area contributed by atoms with E-state index in [1.807, 2.05) is 86.0 Å². The van der Waals surface area contributed by atoms with Gasteiger partial charge in [-0.3, -0.25) is 4.79 Å². The summed E-state index contributed by atoms with van der Waals surface area (Å²) in [4.78, 5) is 25.8. The van der Waals surface area contributed by atoms with Gasteiger partial charge in [0, 0.05) is 30.1 Å². The number of hydrogen-bond donors (Lipinski definition) is 2. The van der Waals surface area contributed by atoms with Gasteiger partial charge in [-0.2, -0.15) is 24.3 Å². The molecule has 0 aromatic heterocycles. The van der Waals surface area contributed by atoms with Gasteiger partial charge in [0.25, 0.3) is 0 Å². The van der Waals surface area contributed by atoms with Crippen molar-refractivity contribution in [1.29, 1.82) is 0 Å². The molecule has 2 heterocycles. The quantitative estimate of drug-likeness (QED) is 0.0817. The molecular weight excluding hydrogens is 566 g/mol. The smallest absolute Gasteiger partial charge is 0.444 e. The molecule has 42 heavy (non-hydrogen) atoms. The van der Waals surface area contributed by atoms with E-state index in [1.54, 1.807) is 0 Å². The molecule has 0 aliphatic carbocycles. The van der Waals surface area contributed by atoms with Crippen molar-refractivity contribution in [1.82, 2.24) is 10.2 Å². The van der Waals surface area contributed by atoms with E-state index in [2.05, 4.69) is 44.1 Å². The topological polar surface area (TPSA) is 75.4 Å². The molecule has 1 unspecified atom stereocenters. The molecule has 2 aliphatic rings. The fourth-order valence-electron chi connectivity index (χ4n) is 4.78. The zero-order valence-corrected chi connectivity index (χ0v) is 30.1. The molecule has 0 saturated carbocycles. The summed E-state index contributed by atoms with van der Waals surface area (Å²) in [6.07, 6.45) is 10.1. The number of allylic oxidation sites excluding steroid dienone is 1. The standard InChI is InChI=1S/C26H33N3O2S.C7H8.C2H6.K/c1-4-6-21(19-9-7-18(3)8-10-19)22(26(27)31)17-28-14-11-23-25(32-23)20-12-15-29(16-13-20)24(30)5-2;1-7-5-3-2-4-6-7;1-2;/h5-10,20,23,25,28H,1-2,4,11-16H2,3H3,(H2,27,31);2-6H,1H3;1-2H3;/q-2;;;+1/b21-6+;;;/t23?,25-;;;/m1.../s1. The second kappa shape index (κ2) is 21.1. The first-order chi connectivity index (χ1) is 19.8. The molecule has 3 N–H and O–H groups in total. The van der Waals surface area contributed by atoms with Gasteiger partial charge in [-0.05, 0) is 45.1 Å². The fraction of sp³-hybridized carbons (Fsp3) is 0.400. The summed E-state index contributed by atoms with van der Waals surface area (Å²) < 4.78 is 0. The van der Waals surface area contributed by atoms with Crippen LogP contribution in [-0.4, -0.2) is 46.8 Å². The van der Waals surface area contributed by atoms with Crippen LogP contribution < -0.4 is 62.4 Å². The molecule has 2 aromatic rings. The zero-order chi connectivity index (χ0) is 30.2. The number of likely N-dealkylation sites (tertiary alicyclic amines) is 1. The summed E-state index contributed by atoms with van der Waals surface area (Å²) in [5.41, 5.74) is 10.2. The zero-order valence-electron chi connectivity index (χ0n) is 26.2. The Morgan fingerprint density at radius 2 is 1.67 bits per heavy atom. The largest absolute Gasteiger partial charge is 1.00 e. The summed E-state index contributed by atoms with van der Waals surface area (Å²) in [5, 5.41) is 4.48. The van der Waals surface area contributed by atoms with E-state index < -0.39 is 5.91 Å². The number of amides is 2. The van der Waals surface area contributed by atoms with E-state index in [-0.39, 0.29) is 57.3 Å². The normalized spacial score (nSPS) is 18.3. The first kappa shape index (κ1) is 38.4. The van der Waals surface area contributed by atoms with Crippen molar-refractivity contribution in [2.75, 3.05) is 19.6 Å². The Balaban J connectivity index is 0.000000761. The first-order valence-electron chi connectivity index (χ1n) is 14.6. The number of primary amides is 1. The molecule has 2 aliphatic heterocycles. The number of nitrogens with zero attached hydrogens (tertiary/aromatic N) is 1. The summed E-state index contributed by atoms with van der Waals surface area (Å²) in [6.45, 7) is 18.0. The van der Waals surface area contributed by atoms with Crippen LogP contribution in [0.15, 0.2) is 78.9 Å². The van der Waals surface area contributed by atoms with Crippen molar-refractivity contribution >= 4 is 29.1 Å². The predicted octanol–water partition coefficient (Wildman–Crippen LogP) is 3.69. The third-order valence-corrected chi connectivity index (χ3v) is 8.64.